The van der Waals surface area contributed by atoms with Gasteiger partial charge in [-0.2, -0.15) is 5.10 Å². The van der Waals surface area contributed by atoms with Crippen LogP contribution in [0.2, 0.25) is 0 Å². The molecular formula is C18H18N4O3S. The molecule has 0 N–H and O–H groups in total. The second-order valence-corrected chi connectivity index (χ2v) is 7.03. The van der Waals surface area contributed by atoms with Gasteiger partial charge in [0.1, 0.15) is 5.01 Å². The highest BCUT2D eigenvalue weighted by Crippen LogP contribution is 2.33. The molecule has 0 atom stereocenters. The highest BCUT2D eigenvalue weighted by atomic mass is 32.1. The maximum Gasteiger partial charge on any atom is 0.254 e. The van der Waals surface area contributed by atoms with Crippen LogP contribution >= 0.6 is 11.3 Å². The molecule has 0 saturated heterocycles. The normalized spacial score (nSPS) is 12.4. The van der Waals surface area contributed by atoms with Gasteiger partial charge in [-0.25, -0.2) is 4.98 Å². The van der Waals surface area contributed by atoms with Crippen LogP contribution in [0.5, 0.6) is 11.5 Å². The van der Waals surface area contributed by atoms with Crippen molar-refractivity contribution >= 4 is 17.2 Å². The number of hydrogen-bond acceptors (Lipinski definition) is 6. The first kappa shape index (κ1) is 16.6. The molecule has 0 fully saturated rings. The molecule has 1 amide bonds. The van der Waals surface area contributed by atoms with Gasteiger partial charge in [0.2, 0.25) is 6.79 Å². The molecule has 1 aliphatic rings. The number of carbonyl (C=O) groups is 1. The van der Waals surface area contributed by atoms with Gasteiger partial charge in [-0.05, 0) is 31.2 Å². The van der Waals surface area contributed by atoms with Crippen LogP contribution in [0.4, 0.5) is 0 Å². The summed E-state index contributed by atoms with van der Waals surface area (Å²) in [6.07, 6.45) is 1.74. The zero-order chi connectivity index (χ0) is 18.1. The van der Waals surface area contributed by atoms with Crippen LogP contribution in [0.1, 0.15) is 26.8 Å². The number of ether oxygens (including phenoxy) is 2. The lowest BCUT2D eigenvalue weighted by atomic mass is 10.1. The Bertz CT molecular complexity index is 917. The topological polar surface area (TPSA) is 69.5 Å². The van der Waals surface area contributed by atoms with Gasteiger partial charge in [0.05, 0.1) is 18.8 Å². The molecule has 0 saturated carbocycles. The Morgan fingerprint density at radius 2 is 2.12 bits per heavy atom. The van der Waals surface area contributed by atoms with Crippen molar-refractivity contribution < 1.29 is 14.3 Å². The molecule has 26 heavy (non-hydrogen) atoms. The fraction of sp³-hybridized carbons (Fsp3) is 0.278. The van der Waals surface area contributed by atoms with E-state index in [1.54, 1.807) is 29.3 Å². The van der Waals surface area contributed by atoms with Gasteiger partial charge >= 0.3 is 0 Å². The highest BCUT2D eigenvalue weighted by Gasteiger charge is 2.22. The smallest absolute Gasteiger partial charge is 0.254 e. The lowest BCUT2D eigenvalue weighted by Crippen LogP contribution is -2.30. The van der Waals surface area contributed by atoms with E-state index in [4.69, 9.17) is 9.47 Å². The van der Waals surface area contributed by atoms with E-state index in [-0.39, 0.29) is 12.7 Å². The van der Waals surface area contributed by atoms with E-state index < -0.39 is 0 Å². The van der Waals surface area contributed by atoms with E-state index in [0.29, 0.717) is 30.2 Å². The van der Waals surface area contributed by atoms with Crippen LogP contribution in [0.15, 0.2) is 35.8 Å². The molecule has 0 radical (unpaired) electrons. The van der Waals surface area contributed by atoms with Crippen LogP contribution in [0.25, 0.3) is 0 Å². The number of hydrogen-bond donors (Lipinski definition) is 0. The minimum Gasteiger partial charge on any atom is -0.454 e. The van der Waals surface area contributed by atoms with Gasteiger partial charge in [-0.1, -0.05) is 0 Å². The fourth-order valence-electron chi connectivity index (χ4n) is 2.81. The van der Waals surface area contributed by atoms with Crippen molar-refractivity contribution in [2.45, 2.75) is 20.0 Å². The van der Waals surface area contributed by atoms with Gasteiger partial charge in [0, 0.05) is 29.9 Å². The number of benzene rings is 1. The summed E-state index contributed by atoms with van der Waals surface area (Å²) in [5.74, 6) is 1.16. The number of aromatic nitrogens is 3. The Balaban J connectivity index is 1.61. The van der Waals surface area contributed by atoms with Crippen molar-refractivity contribution in [3.05, 3.63) is 57.8 Å². The molecule has 1 aliphatic heterocycles. The quantitative estimate of drug-likeness (QED) is 0.691. The van der Waals surface area contributed by atoms with Gasteiger partial charge < -0.3 is 14.4 Å². The molecule has 8 heteroatoms. The van der Waals surface area contributed by atoms with Crippen LogP contribution in [-0.4, -0.2) is 32.4 Å². The Morgan fingerprint density at radius 1 is 1.27 bits per heavy atom. The van der Waals surface area contributed by atoms with Crippen molar-refractivity contribution in [3.8, 4) is 11.5 Å². The molecule has 134 valence electrons. The van der Waals surface area contributed by atoms with E-state index >= 15 is 0 Å². The van der Waals surface area contributed by atoms with Crippen molar-refractivity contribution in [3.63, 3.8) is 0 Å². The molecule has 0 spiro atoms. The summed E-state index contributed by atoms with van der Waals surface area (Å²) in [7, 11) is 1.89. The lowest BCUT2D eigenvalue weighted by molar-refractivity contribution is 0.0727. The van der Waals surface area contributed by atoms with Crippen LogP contribution in [-0.2, 0) is 20.1 Å². The SMILES string of the molecule is Cc1cc(CN(Cc2nccs2)C(=O)c2ccc3c(c2)OCO3)nn1C. The number of aryl methyl sites for hydroxylation is 2. The zero-order valence-corrected chi connectivity index (χ0v) is 15.3. The first-order valence-electron chi connectivity index (χ1n) is 8.17. The second kappa shape index (κ2) is 6.80. The summed E-state index contributed by atoms with van der Waals surface area (Å²) in [4.78, 5) is 19.2. The van der Waals surface area contributed by atoms with Crippen molar-refractivity contribution in [1.29, 1.82) is 0 Å². The third kappa shape index (κ3) is 3.28. The maximum atomic E-state index is 13.1. The number of thiazole rings is 1. The molecule has 3 heterocycles. The number of nitrogens with zero attached hydrogens (tertiary/aromatic N) is 4. The Morgan fingerprint density at radius 3 is 2.85 bits per heavy atom. The number of amides is 1. The molecule has 0 bridgehead atoms. The Labute approximate surface area is 154 Å². The lowest BCUT2D eigenvalue weighted by Gasteiger charge is -2.21. The molecule has 0 aliphatic carbocycles. The predicted octanol–water partition coefficient (Wildman–Crippen LogP) is 2.76. The molecule has 1 aromatic carbocycles. The molecule has 2 aromatic heterocycles. The second-order valence-electron chi connectivity index (χ2n) is 6.06. The van der Waals surface area contributed by atoms with Gasteiger partial charge in [0.15, 0.2) is 11.5 Å². The number of rotatable bonds is 5. The summed E-state index contributed by atoms with van der Waals surface area (Å²) in [5, 5.41) is 7.26. The van der Waals surface area contributed by atoms with Crippen LogP contribution in [0.3, 0.4) is 0 Å². The van der Waals surface area contributed by atoms with Crippen molar-refractivity contribution in [2.24, 2.45) is 7.05 Å². The summed E-state index contributed by atoms with van der Waals surface area (Å²) < 4.78 is 12.5. The standard InChI is InChI=1S/C18H18N4O3S/c1-12-7-14(20-21(12)2)9-22(10-17-19-5-6-26-17)18(23)13-3-4-15-16(8-13)25-11-24-15/h3-8H,9-11H2,1-2H3. The van der Waals surface area contributed by atoms with E-state index in [2.05, 4.69) is 10.1 Å². The van der Waals surface area contributed by atoms with E-state index in [0.717, 1.165) is 16.4 Å². The molecule has 4 rings (SSSR count). The molecule has 3 aromatic rings. The Kier molecular flexibility index (Phi) is 4.34. The summed E-state index contributed by atoms with van der Waals surface area (Å²) >= 11 is 1.53. The summed E-state index contributed by atoms with van der Waals surface area (Å²) in [6.45, 7) is 3.01. The third-order valence-corrected chi connectivity index (χ3v) is 5.00. The van der Waals surface area contributed by atoms with E-state index in [9.17, 15) is 4.79 Å². The first-order valence-corrected chi connectivity index (χ1v) is 9.05. The highest BCUT2D eigenvalue weighted by molar-refractivity contribution is 7.09. The van der Waals surface area contributed by atoms with E-state index in [1.165, 1.54) is 11.3 Å². The summed E-state index contributed by atoms with van der Waals surface area (Å²) in [5.41, 5.74) is 2.44. The average molecular weight is 370 g/mol. The third-order valence-electron chi connectivity index (χ3n) is 4.23. The monoisotopic (exact) mass is 370 g/mol. The maximum absolute atomic E-state index is 13.1. The van der Waals surface area contributed by atoms with Crippen LogP contribution < -0.4 is 9.47 Å². The average Bonchev–Trinajstić information content (AvgIpc) is 3.36. The van der Waals surface area contributed by atoms with Gasteiger partial charge in [-0.3, -0.25) is 9.48 Å². The predicted molar refractivity (Wildman–Crippen MR) is 96.2 cm³/mol. The Hall–Kier alpha value is -2.87. The molecule has 7 nitrogen and oxygen atoms in total. The van der Waals surface area contributed by atoms with Crippen LogP contribution in [0, 0.1) is 6.92 Å². The summed E-state index contributed by atoms with van der Waals surface area (Å²) in [6, 6.07) is 7.24. The van der Waals surface area contributed by atoms with Crippen molar-refractivity contribution in [2.75, 3.05) is 6.79 Å². The number of carbonyl (C=O) groups excluding carboxylic acids is 1. The number of fused-ring (bicyclic) bond motifs is 1. The van der Waals surface area contributed by atoms with Gasteiger partial charge in [-0.15, -0.1) is 11.3 Å². The largest absolute Gasteiger partial charge is 0.454 e. The van der Waals surface area contributed by atoms with Crippen molar-refractivity contribution in [1.82, 2.24) is 19.7 Å². The van der Waals surface area contributed by atoms with E-state index in [1.807, 2.05) is 30.1 Å². The molecular weight excluding hydrogens is 352 g/mol. The minimum atomic E-state index is -0.0955. The zero-order valence-electron chi connectivity index (χ0n) is 14.5. The fourth-order valence-corrected chi connectivity index (χ4v) is 3.44. The first-order chi connectivity index (χ1) is 12.6. The molecule has 0 unspecified atom stereocenters. The van der Waals surface area contributed by atoms with Gasteiger partial charge in [0.25, 0.3) is 5.91 Å². The minimum absolute atomic E-state index is 0.0955.